The quantitative estimate of drug-likeness (QED) is 0.662. The Hall–Kier alpha value is -1.94. The highest BCUT2D eigenvalue weighted by Crippen LogP contribution is 2.36. The van der Waals surface area contributed by atoms with Crippen LogP contribution in [-0.2, 0) is 0 Å². The first-order chi connectivity index (χ1) is 9.11. The van der Waals surface area contributed by atoms with Crippen LogP contribution in [0.15, 0.2) is 52.3 Å². The predicted octanol–water partition coefficient (Wildman–Crippen LogP) is 3.44. The van der Waals surface area contributed by atoms with Crippen molar-refractivity contribution in [3.63, 3.8) is 0 Å². The number of hydrogen-bond acceptors (Lipinski definition) is 3. The number of benzene rings is 2. The van der Waals surface area contributed by atoms with Crippen molar-refractivity contribution >= 4 is 17.6 Å². The zero-order chi connectivity index (χ0) is 13.8. The first-order valence-corrected chi connectivity index (χ1v) is 6.69. The molecule has 98 valence electrons. The Morgan fingerprint density at radius 3 is 2.58 bits per heavy atom. The minimum Gasteiger partial charge on any atom is -0.496 e. The largest absolute Gasteiger partial charge is 0.496 e. The maximum Gasteiger partial charge on any atom is 0.132 e. The van der Waals surface area contributed by atoms with Crippen molar-refractivity contribution in [3.8, 4) is 5.75 Å². The lowest BCUT2D eigenvalue weighted by atomic mass is 10.1. The summed E-state index contributed by atoms with van der Waals surface area (Å²) in [6, 6.07) is 13.8. The molecule has 0 heterocycles. The third-order valence-corrected chi connectivity index (χ3v) is 3.85. The highest BCUT2D eigenvalue weighted by atomic mass is 32.2. The third kappa shape index (κ3) is 3.09. The average molecular weight is 272 g/mol. The molecule has 2 aromatic rings. The van der Waals surface area contributed by atoms with E-state index in [0.29, 0.717) is 0 Å². The Labute approximate surface area is 117 Å². The van der Waals surface area contributed by atoms with Crippen molar-refractivity contribution in [2.24, 2.45) is 5.73 Å². The van der Waals surface area contributed by atoms with Gasteiger partial charge in [0, 0.05) is 10.5 Å². The normalized spacial score (nSPS) is 10.2. The van der Waals surface area contributed by atoms with Crippen LogP contribution in [0.3, 0.4) is 0 Å². The lowest BCUT2D eigenvalue weighted by molar-refractivity contribution is 0.405. The molecule has 19 heavy (non-hydrogen) atoms. The molecule has 0 saturated carbocycles. The topological polar surface area (TPSA) is 59.1 Å². The summed E-state index contributed by atoms with van der Waals surface area (Å²) >= 11 is 1.56. The van der Waals surface area contributed by atoms with Crippen LogP contribution in [0.5, 0.6) is 5.75 Å². The van der Waals surface area contributed by atoms with Crippen LogP contribution < -0.4 is 10.5 Å². The van der Waals surface area contributed by atoms with Gasteiger partial charge in [-0.3, -0.25) is 5.41 Å². The average Bonchev–Trinajstić information content (AvgIpc) is 2.41. The van der Waals surface area contributed by atoms with Gasteiger partial charge in [-0.25, -0.2) is 0 Å². The van der Waals surface area contributed by atoms with Gasteiger partial charge in [-0.05, 0) is 31.2 Å². The van der Waals surface area contributed by atoms with E-state index in [-0.39, 0.29) is 5.84 Å². The van der Waals surface area contributed by atoms with Gasteiger partial charge in [0.15, 0.2) is 0 Å². The van der Waals surface area contributed by atoms with Gasteiger partial charge in [0.05, 0.1) is 12.0 Å². The smallest absolute Gasteiger partial charge is 0.132 e. The summed E-state index contributed by atoms with van der Waals surface area (Å²) in [5.74, 6) is 0.906. The van der Waals surface area contributed by atoms with Gasteiger partial charge >= 0.3 is 0 Å². The molecule has 0 fully saturated rings. The molecule has 3 nitrogen and oxygen atoms in total. The van der Waals surface area contributed by atoms with Crippen molar-refractivity contribution in [3.05, 3.63) is 53.6 Å². The van der Waals surface area contributed by atoms with Gasteiger partial charge in [0.25, 0.3) is 0 Å². The van der Waals surface area contributed by atoms with Crippen LogP contribution >= 0.6 is 11.8 Å². The van der Waals surface area contributed by atoms with E-state index in [1.165, 1.54) is 0 Å². The van der Waals surface area contributed by atoms with Crippen molar-refractivity contribution < 1.29 is 4.74 Å². The molecule has 0 saturated heterocycles. The highest BCUT2D eigenvalue weighted by Gasteiger charge is 2.10. The molecule has 0 unspecified atom stereocenters. The Balaban J connectivity index is 2.41. The standard InChI is InChI=1S/C15H16N2OS/c1-10-7-8-13(11(9-10)15(16)17)19-14-6-4-3-5-12(14)18-2/h3-9H,1-2H3,(H3,16,17). The van der Waals surface area contributed by atoms with Crippen LogP contribution in [0.1, 0.15) is 11.1 Å². The van der Waals surface area contributed by atoms with Gasteiger partial charge < -0.3 is 10.5 Å². The predicted molar refractivity (Wildman–Crippen MR) is 79.3 cm³/mol. The Morgan fingerprint density at radius 2 is 1.89 bits per heavy atom. The molecular weight excluding hydrogens is 256 g/mol. The zero-order valence-electron chi connectivity index (χ0n) is 10.9. The summed E-state index contributed by atoms with van der Waals surface area (Å²) in [7, 11) is 1.65. The Kier molecular flexibility index (Phi) is 4.12. The van der Waals surface area contributed by atoms with Crippen LogP contribution in [0.2, 0.25) is 0 Å². The van der Waals surface area contributed by atoms with Crippen LogP contribution in [0, 0.1) is 12.3 Å². The molecule has 0 aliphatic rings. The maximum absolute atomic E-state index is 7.67. The zero-order valence-corrected chi connectivity index (χ0v) is 11.8. The number of nitrogens with two attached hydrogens (primary N) is 1. The van der Waals surface area contributed by atoms with Crippen LogP contribution in [0.25, 0.3) is 0 Å². The first kappa shape index (κ1) is 13.5. The van der Waals surface area contributed by atoms with E-state index in [1.807, 2.05) is 49.4 Å². The molecule has 3 N–H and O–H groups in total. The molecular formula is C15H16N2OS. The number of nitrogen functional groups attached to an aromatic ring is 1. The Morgan fingerprint density at radius 1 is 1.16 bits per heavy atom. The second kappa shape index (κ2) is 5.80. The van der Waals surface area contributed by atoms with E-state index in [0.717, 1.165) is 26.7 Å². The molecule has 0 aromatic heterocycles. The van der Waals surface area contributed by atoms with Crippen LogP contribution in [0.4, 0.5) is 0 Å². The first-order valence-electron chi connectivity index (χ1n) is 5.87. The van der Waals surface area contributed by atoms with E-state index in [4.69, 9.17) is 15.9 Å². The molecule has 0 spiro atoms. The minimum absolute atomic E-state index is 0.0843. The van der Waals surface area contributed by atoms with Gasteiger partial charge in [-0.1, -0.05) is 35.5 Å². The fourth-order valence-electron chi connectivity index (χ4n) is 1.76. The van der Waals surface area contributed by atoms with Crippen molar-refractivity contribution in [1.29, 1.82) is 5.41 Å². The summed E-state index contributed by atoms with van der Waals surface area (Å²) in [6.07, 6.45) is 0. The minimum atomic E-state index is 0.0843. The lowest BCUT2D eigenvalue weighted by Crippen LogP contribution is -2.12. The molecule has 0 aliphatic heterocycles. The van der Waals surface area contributed by atoms with Crippen molar-refractivity contribution in [2.75, 3.05) is 7.11 Å². The molecule has 0 amide bonds. The second-order valence-electron chi connectivity index (χ2n) is 4.17. The number of aryl methyl sites for hydroxylation is 1. The van der Waals surface area contributed by atoms with E-state index < -0.39 is 0 Å². The van der Waals surface area contributed by atoms with Gasteiger partial charge in [-0.2, -0.15) is 0 Å². The summed E-state index contributed by atoms with van der Waals surface area (Å²) in [4.78, 5) is 1.97. The van der Waals surface area contributed by atoms with E-state index in [9.17, 15) is 0 Å². The second-order valence-corrected chi connectivity index (χ2v) is 5.25. The number of para-hydroxylation sites is 1. The fourth-order valence-corrected chi connectivity index (χ4v) is 2.82. The van der Waals surface area contributed by atoms with Crippen LogP contribution in [-0.4, -0.2) is 12.9 Å². The van der Waals surface area contributed by atoms with Gasteiger partial charge in [0.1, 0.15) is 11.6 Å². The molecule has 4 heteroatoms. The molecule has 0 atom stereocenters. The summed E-state index contributed by atoms with van der Waals surface area (Å²) in [6.45, 7) is 1.99. The molecule has 2 rings (SSSR count). The highest BCUT2D eigenvalue weighted by molar-refractivity contribution is 7.99. The monoisotopic (exact) mass is 272 g/mol. The summed E-state index contributed by atoms with van der Waals surface area (Å²) < 4.78 is 5.34. The number of nitrogens with one attached hydrogen (secondary N) is 1. The van der Waals surface area contributed by atoms with E-state index >= 15 is 0 Å². The molecule has 2 aromatic carbocycles. The summed E-state index contributed by atoms with van der Waals surface area (Å²) in [5.41, 5.74) is 7.50. The Bertz CT molecular complexity index is 611. The fraction of sp³-hybridized carbons (Fsp3) is 0.133. The number of methoxy groups -OCH3 is 1. The molecule has 0 bridgehead atoms. The van der Waals surface area contributed by atoms with Crippen molar-refractivity contribution in [2.45, 2.75) is 16.7 Å². The van der Waals surface area contributed by atoms with E-state index in [2.05, 4.69) is 0 Å². The number of hydrogen-bond donors (Lipinski definition) is 2. The third-order valence-electron chi connectivity index (χ3n) is 2.71. The number of ether oxygens (including phenoxy) is 1. The molecule has 0 radical (unpaired) electrons. The maximum atomic E-state index is 7.67. The van der Waals surface area contributed by atoms with Crippen molar-refractivity contribution in [1.82, 2.24) is 0 Å². The summed E-state index contributed by atoms with van der Waals surface area (Å²) in [5, 5.41) is 7.67. The van der Waals surface area contributed by atoms with Gasteiger partial charge in [0.2, 0.25) is 0 Å². The number of rotatable bonds is 4. The molecule has 0 aliphatic carbocycles. The lowest BCUT2D eigenvalue weighted by Gasteiger charge is -2.11. The number of amidine groups is 1. The SMILES string of the molecule is COc1ccccc1Sc1ccc(C)cc1C(=N)N. The van der Waals surface area contributed by atoms with Gasteiger partial charge in [-0.15, -0.1) is 0 Å². The van der Waals surface area contributed by atoms with E-state index in [1.54, 1.807) is 18.9 Å².